The van der Waals surface area contributed by atoms with Crippen LogP contribution in [0.5, 0.6) is 34.5 Å². The van der Waals surface area contributed by atoms with Gasteiger partial charge in [0.25, 0.3) is 53.2 Å². The lowest BCUT2D eigenvalue weighted by molar-refractivity contribution is -0.129. The third-order valence-electron chi connectivity index (χ3n) is 15.8. The molecule has 0 atom stereocenters. The molecule has 0 aromatic heterocycles. The van der Waals surface area contributed by atoms with Crippen LogP contribution in [0.4, 0.5) is 0 Å². The van der Waals surface area contributed by atoms with Crippen molar-refractivity contribution >= 4 is 61.8 Å². The molecule has 9 amide bonds. The molecule has 6 aromatic carbocycles. The second-order valence-corrected chi connectivity index (χ2v) is 30.1. The molecule has 19 heteroatoms. The quantitative estimate of drug-likeness (QED) is 0.0689. The number of ether oxygens (including phenoxy) is 3. The van der Waals surface area contributed by atoms with E-state index in [4.69, 9.17) is 27.8 Å². The normalized spacial score (nSPS) is 14.5. The Morgan fingerprint density at radius 2 is 0.473 bits per heavy atom. The molecule has 0 aliphatic carbocycles. The fraction of sp³-hybridized carbons (Fsp3) is 0.375. The SMILES string of the molecule is CC(C)(C)c1cc(OCC(=O)N2C(=O)c3ccccc3C2=O)cc(C(C)(C)C)c1OP(Oc1c(C(C)(C)C)cc(OCC(=O)N2C(=O)c3ccccc3C2=O)cc1C(C)(C)C)Oc1c(C(C)(C)C)cc(OCC(=O)N2C(=O)c3ccccc3C2=O)cc1C(C)(C)C. The van der Waals surface area contributed by atoms with Crippen molar-refractivity contribution in [3.05, 3.63) is 176 Å². The van der Waals surface area contributed by atoms with Crippen molar-refractivity contribution in [2.45, 2.75) is 157 Å². The number of benzene rings is 6. The highest BCUT2D eigenvalue weighted by molar-refractivity contribution is 7.43. The molecule has 3 heterocycles. The number of carbonyl (C=O) groups is 9. The topological polar surface area (TPSA) is 219 Å². The minimum absolute atomic E-state index is 0.123. The summed E-state index contributed by atoms with van der Waals surface area (Å²) in [6, 6.07) is 29.2. The van der Waals surface area contributed by atoms with E-state index in [2.05, 4.69) is 0 Å². The Kier molecular flexibility index (Phi) is 17.5. The summed E-state index contributed by atoms with van der Waals surface area (Å²) in [5.74, 6) is -5.11. The van der Waals surface area contributed by atoms with Gasteiger partial charge in [-0.25, -0.2) is 14.7 Å². The second-order valence-electron chi connectivity index (χ2n) is 29.1. The Hall–Kier alpha value is -9.02. The lowest BCUT2D eigenvalue weighted by Crippen LogP contribution is -2.39. The summed E-state index contributed by atoms with van der Waals surface area (Å²) in [4.78, 5) is 124. The van der Waals surface area contributed by atoms with E-state index in [9.17, 15) is 43.2 Å². The third-order valence-corrected chi connectivity index (χ3v) is 16.7. The van der Waals surface area contributed by atoms with Crippen molar-refractivity contribution in [2.75, 3.05) is 19.8 Å². The molecule has 18 nitrogen and oxygen atoms in total. The summed E-state index contributed by atoms with van der Waals surface area (Å²) in [5, 5.41) is 0. The number of hydrogen-bond donors (Lipinski definition) is 0. The highest BCUT2D eigenvalue weighted by atomic mass is 31.2. The molecule has 0 radical (unpaired) electrons. The van der Waals surface area contributed by atoms with E-state index in [-0.39, 0.29) is 50.6 Å². The van der Waals surface area contributed by atoms with Crippen LogP contribution >= 0.6 is 8.60 Å². The molecule has 9 rings (SSSR count). The summed E-state index contributed by atoms with van der Waals surface area (Å²) < 4.78 is 41.2. The number of rotatable bonds is 15. The predicted molar refractivity (Wildman–Crippen MR) is 343 cm³/mol. The average molecular weight is 1260 g/mol. The molecule has 0 saturated carbocycles. The molecule has 0 saturated heterocycles. The maximum Gasteiger partial charge on any atom is 0.530 e. The van der Waals surface area contributed by atoms with Crippen molar-refractivity contribution in [3.8, 4) is 34.5 Å². The maximum atomic E-state index is 13.8. The number of imide groups is 9. The van der Waals surface area contributed by atoms with Gasteiger partial charge in [0.1, 0.15) is 34.5 Å². The van der Waals surface area contributed by atoms with Crippen LogP contribution in [-0.4, -0.2) is 87.7 Å². The number of carbonyl (C=O) groups excluding carboxylic acids is 9. The van der Waals surface area contributed by atoms with E-state index in [0.29, 0.717) is 65.3 Å². The molecule has 3 aliphatic heterocycles. The van der Waals surface area contributed by atoms with Crippen LogP contribution in [0, 0.1) is 0 Å². The van der Waals surface area contributed by atoms with E-state index in [1.165, 1.54) is 36.4 Å². The zero-order valence-corrected chi connectivity index (χ0v) is 55.8. The van der Waals surface area contributed by atoms with Crippen molar-refractivity contribution in [2.24, 2.45) is 0 Å². The van der Waals surface area contributed by atoms with E-state index >= 15 is 0 Å². The Labute approximate surface area is 532 Å². The first-order valence-electron chi connectivity index (χ1n) is 30.0. The minimum atomic E-state index is -2.70. The lowest BCUT2D eigenvalue weighted by atomic mass is 9.79. The Balaban J connectivity index is 1.16. The van der Waals surface area contributed by atoms with Crippen molar-refractivity contribution in [3.63, 3.8) is 0 Å². The predicted octanol–water partition coefficient (Wildman–Crippen LogP) is 13.8. The van der Waals surface area contributed by atoms with Crippen molar-refractivity contribution in [1.82, 2.24) is 14.7 Å². The van der Waals surface area contributed by atoms with Gasteiger partial charge in [-0.2, -0.15) is 0 Å². The van der Waals surface area contributed by atoms with Gasteiger partial charge in [0.05, 0.1) is 33.4 Å². The molecular formula is C72H78N3O15P. The summed E-state index contributed by atoms with van der Waals surface area (Å²) in [6.07, 6.45) is 0. The molecule has 0 unspecified atom stereocenters. The van der Waals surface area contributed by atoms with E-state index in [1.54, 1.807) is 72.8 Å². The Morgan fingerprint density at radius 1 is 0.308 bits per heavy atom. The largest absolute Gasteiger partial charge is 0.530 e. The summed E-state index contributed by atoms with van der Waals surface area (Å²) in [7, 11) is -2.70. The van der Waals surface area contributed by atoms with Crippen molar-refractivity contribution < 1.29 is 70.9 Å². The maximum absolute atomic E-state index is 13.8. The van der Waals surface area contributed by atoms with Gasteiger partial charge in [-0.05, 0) is 105 Å². The first-order valence-corrected chi connectivity index (χ1v) is 31.1. The summed E-state index contributed by atoms with van der Waals surface area (Å²) >= 11 is 0. The van der Waals surface area contributed by atoms with Crippen LogP contribution in [0.2, 0.25) is 0 Å². The van der Waals surface area contributed by atoms with E-state index in [0.717, 1.165) is 0 Å². The number of fused-ring (bicyclic) bond motifs is 3. The zero-order valence-electron chi connectivity index (χ0n) is 54.9. The second kappa shape index (κ2) is 24.0. The van der Waals surface area contributed by atoms with Gasteiger partial charge < -0.3 is 27.8 Å². The molecule has 91 heavy (non-hydrogen) atoms. The standard InChI is InChI=1S/C72H78N3O15P/c1-67(2,3)49-31-40(85-37-55(76)73-61(79)43-25-19-20-26-44(43)62(73)80)32-50(68(4,5)6)58(49)88-91(89-59-51(69(7,8)9)33-41(34-52(59)70(10,11)12)86-38-56(77)74-63(81)45-27-21-22-28-46(45)64(74)82)90-60-53(71(13,14)15)35-42(36-54(60)72(16,17)18)87-39-57(78)75-65(83)47-29-23-24-30-48(47)66(75)84/h19-36H,37-39H2,1-18H3. The first-order chi connectivity index (χ1) is 42.2. The first kappa shape index (κ1) is 66.4. The van der Waals surface area contributed by atoms with Crippen LogP contribution in [0.1, 0.15) is 220 Å². The van der Waals surface area contributed by atoms with Gasteiger partial charge in [-0.1, -0.05) is 161 Å². The van der Waals surface area contributed by atoms with Gasteiger partial charge in [-0.15, -0.1) is 0 Å². The lowest BCUT2D eigenvalue weighted by Gasteiger charge is -2.35. The monoisotopic (exact) mass is 1260 g/mol. The molecule has 3 aliphatic rings. The van der Waals surface area contributed by atoms with Gasteiger partial charge in [0, 0.05) is 33.4 Å². The molecule has 0 bridgehead atoms. The van der Waals surface area contributed by atoms with Gasteiger partial charge in [0.15, 0.2) is 19.8 Å². The van der Waals surface area contributed by atoms with Crippen LogP contribution < -0.4 is 27.8 Å². The smallest absolute Gasteiger partial charge is 0.484 e. The van der Waals surface area contributed by atoms with Crippen molar-refractivity contribution in [1.29, 1.82) is 0 Å². The Morgan fingerprint density at radius 3 is 0.626 bits per heavy atom. The van der Waals surface area contributed by atoms with Crippen LogP contribution in [0.3, 0.4) is 0 Å². The van der Waals surface area contributed by atoms with Gasteiger partial charge in [0.2, 0.25) is 0 Å². The zero-order chi connectivity index (χ0) is 67.0. The van der Waals surface area contributed by atoms with E-state index in [1.807, 2.05) is 125 Å². The highest BCUT2D eigenvalue weighted by Gasteiger charge is 2.44. The fourth-order valence-electron chi connectivity index (χ4n) is 10.9. The molecular weight excluding hydrogens is 1180 g/mol. The number of amides is 9. The molecule has 476 valence electrons. The third kappa shape index (κ3) is 13.3. The fourth-order valence-corrected chi connectivity index (χ4v) is 12.0. The average Bonchev–Trinajstić information content (AvgIpc) is 1.72. The Bertz CT molecular complexity index is 3420. The summed E-state index contributed by atoms with van der Waals surface area (Å²) in [5.41, 5.74) is 0.0451. The van der Waals surface area contributed by atoms with Gasteiger partial charge in [-0.3, -0.25) is 43.2 Å². The molecule has 6 aromatic rings. The molecule has 0 N–H and O–H groups in total. The minimum Gasteiger partial charge on any atom is -0.484 e. The molecule has 0 fully saturated rings. The summed E-state index contributed by atoms with van der Waals surface area (Å²) in [6.45, 7) is 33.8. The van der Waals surface area contributed by atoms with Crippen LogP contribution in [0.15, 0.2) is 109 Å². The number of nitrogens with zero attached hydrogens (tertiary/aromatic N) is 3. The number of hydrogen-bond acceptors (Lipinski definition) is 15. The van der Waals surface area contributed by atoms with Gasteiger partial charge >= 0.3 is 8.60 Å². The van der Waals surface area contributed by atoms with Crippen LogP contribution in [-0.2, 0) is 46.9 Å². The van der Waals surface area contributed by atoms with Crippen LogP contribution in [0.25, 0.3) is 0 Å². The van der Waals surface area contributed by atoms with E-state index < -0.39 is 114 Å². The highest BCUT2D eigenvalue weighted by Crippen LogP contribution is 2.56. The molecule has 0 spiro atoms.